The quantitative estimate of drug-likeness (QED) is 0.747. The second-order valence-corrected chi connectivity index (χ2v) is 9.10. The van der Waals surface area contributed by atoms with E-state index in [9.17, 15) is 13.2 Å². The third kappa shape index (κ3) is 5.03. The second-order valence-electron chi connectivity index (χ2n) is 7.45. The van der Waals surface area contributed by atoms with Crippen LogP contribution in [0.25, 0.3) is 0 Å². The molecule has 4 N–H and O–H groups in total. The van der Waals surface area contributed by atoms with E-state index in [1.54, 1.807) is 45.0 Å². The molecule has 1 aliphatic carbocycles. The van der Waals surface area contributed by atoms with Gasteiger partial charge in [-0.1, -0.05) is 18.2 Å². The third-order valence-electron chi connectivity index (χ3n) is 4.00. The van der Waals surface area contributed by atoms with Crippen LogP contribution in [0.3, 0.4) is 0 Å². The van der Waals surface area contributed by atoms with E-state index in [0.29, 0.717) is 12.0 Å². The van der Waals surface area contributed by atoms with Crippen LogP contribution < -0.4 is 15.8 Å². The number of hydrogen-bond acceptors (Lipinski definition) is 4. The first kappa shape index (κ1) is 18.9. The molecule has 0 radical (unpaired) electrons. The van der Waals surface area contributed by atoms with Crippen molar-refractivity contribution < 1.29 is 13.2 Å². The zero-order chi connectivity index (χ0) is 18.0. The van der Waals surface area contributed by atoms with Crippen molar-refractivity contribution in [3.8, 4) is 0 Å². The summed E-state index contributed by atoms with van der Waals surface area (Å²) in [6.45, 7) is 5.56. The van der Waals surface area contributed by atoms with Gasteiger partial charge in [0.2, 0.25) is 15.9 Å². The topological polar surface area (TPSA) is 101 Å². The molecule has 134 valence electrons. The van der Waals surface area contributed by atoms with Gasteiger partial charge in [0.05, 0.1) is 4.90 Å². The maximum absolute atomic E-state index is 12.6. The van der Waals surface area contributed by atoms with E-state index in [1.165, 1.54) is 0 Å². The molecule has 0 bridgehead atoms. The summed E-state index contributed by atoms with van der Waals surface area (Å²) >= 11 is 0. The lowest BCUT2D eigenvalue weighted by atomic mass is 10.1. The minimum absolute atomic E-state index is 0.0565. The molecule has 1 aliphatic rings. The molecule has 7 heteroatoms. The van der Waals surface area contributed by atoms with Gasteiger partial charge in [0.1, 0.15) is 0 Å². The van der Waals surface area contributed by atoms with E-state index in [-0.39, 0.29) is 29.3 Å². The molecular weight excluding hydrogens is 326 g/mol. The number of nitrogens with two attached hydrogens (primary N) is 1. The Balaban J connectivity index is 2.10. The van der Waals surface area contributed by atoms with Crippen LogP contribution in [0.1, 0.15) is 45.6 Å². The number of carbonyl (C=O) groups is 1. The molecule has 0 aliphatic heterocycles. The monoisotopic (exact) mass is 353 g/mol. The fraction of sp³-hybridized carbons (Fsp3) is 0.588. The number of carbonyl (C=O) groups excluding carboxylic acids is 1. The van der Waals surface area contributed by atoms with Gasteiger partial charge in [-0.15, -0.1) is 0 Å². The minimum atomic E-state index is -3.65. The van der Waals surface area contributed by atoms with E-state index in [4.69, 9.17) is 5.73 Å². The normalized spacial score (nSPS) is 21.7. The highest BCUT2D eigenvalue weighted by atomic mass is 32.2. The Morgan fingerprint density at radius 3 is 2.50 bits per heavy atom. The summed E-state index contributed by atoms with van der Waals surface area (Å²) in [5.74, 6) is -0.129. The number of sulfonamides is 1. The molecule has 0 aromatic heterocycles. The van der Waals surface area contributed by atoms with Crippen LogP contribution in [0.5, 0.6) is 0 Å². The molecule has 6 nitrogen and oxygen atoms in total. The van der Waals surface area contributed by atoms with Gasteiger partial charge in [0.25, 0.3) is 0 Å². The number of hydrogen-bond donors (Lipinski definition) is 3. The van der Waals surface area contributed by atoms with Crippen molar-refractivity contribution in [1.29, 1.82) is 0 Å². The number of nitrogens with one attached hydrogen (secondary N) is 2. The number of amides is 1. The Morgan fingerprint density at radius 2 is 1.92 bits per heavy atom. The molecule has 0 heterocycles. The summed E-state index contributed by atoms with van der Waals surface area (Å²) in [4.78, 5) is 12.4. The number of benzene rings is 1. The molecule has 1 aromatic rings. The van der Waals surface area contributed by atoms with Gasteiger partial charge in [-0.3, -0.25) is 4.79 Å². The molecule has 0 saturated heterocycles. The summed E-state index contributed by atoms with van der Waals surface area (Å²) in [7, 11) is -3.65. The predicted octanol–water partition coefficient (Wildman–Crippen LogP) is 1.51. The lowest BCUT2D eigenvalue weighted by molar-refractivity contribution is -0.125. The van der Waals surface area contributed by atoms with Crippen molar-refractivity contribution in [1.82, 2.24) is 10.0 Å². The summed E-state index contributed by atoms with van der Waals surface area (Å²) in [6, 6.07) is 6.81. The van der Waals surface area contributed by atoms with Gasteiger partial charge in [0.15, 0.2) is 0 Å². The molecule has 1 saturated carbocycles. The van der Waals surface area contributed by atoms with E-state index in [1.807, 2.05) is 0 Å². The van der Waals surface area contributed by atoms with Crippen LogP contribution in [-0.2, 0) is 21.4 Å². The van der Waals surface area contributed by atoms with Gasteiger partial charge in [-0.05, 0) is 51.7 Å². The van der Waals surface area contributed by atoms with Crippen LogP contribution in [0.15, 0.2) is 29.2 Å². The van der Waals surface area contributed by atoms with Crippen molar-refractivity contribution >= 4 is 15.9 Å². The minimum Gasteiger partial charge on any atom is -0.352 e. The van der Waals surface area contributed by atoms with Crippen LogP contribution >= 0.6 is 0 Å². The fourth-order valence-corrected chi connectivity index (χ4v) is 4.61. The van der Waals surface area contributed by atoms with E-state index >= 15 is 0 Å². The molecule has 1 aromatic carbocycles. The molecule has 2 atom stereocenters. The molecule has 1 fully saturated rings. The summed E-state index contributed by atoms with van der Waals surface area (Å²) < 4.78 is 27.8. The van der Waals surface area contributed by atoms with Crippen molar-refractivity contribution in [3.05, 3.63) is 29.8 Å². The molecule has 2 unspecified atom stereocenters. The zero-order valence-electron chi connectivity index (χ0n) is 14.5. The average molecular weight is 353 g/mol. The molecule has 0 spiro atoms. The Morgan fingerprint density at radius 1 is 1.25 bits per heavy atom. The second kappa shape index (κ2) is 7.21. The van der Waals surface area contributed by atoms with Crippen LogP contribution in [0.4, 0.5) is 0 Å². The Bertz CT molecular complexity index is 695. The molecule has 2 rings (SSSR count). The highest BCUT2D eigenvalue weighted by Gasteiger charge is 2.28. The first-order chi connectivity index (χ1) is 11.1. The molecule has 1 amide bonds. The van der Waals surface area contributed by atoms with Gasteiger partial charge >= 0.3 is 0 Å². The Hall–Kier alpha value is -1.44. The van der Waals surface area contributed by atoms with Gasteiger partial charge in [-0.2, -0.15) is 0 Å². The SMILES string of the molecule is CC(C)(C)NS(=O)(=O)c1ccccc1CNC(=O)C1CCC(N)C1. The third-order valence-corrected chi connectivity index (χ3v) is 5.86. The van der Waals surface area contributed by atoms with Gasteiger partial charge in [0, 0.05) is 24.0 Å². The summed E-state index contributed by atoms with van der Waals surface area (Å²) in [6.07, 6.45) is 2.34. The first-order valence-electron chi connectivity index (χ1n) is 8.24. The lowest BCUT2D eigenvalue weighted by Gasteiger charge is -2.21. The smallest absolute Gasteiger partial charge is 0.241 e. The van der Waals surface area contributed by atoms with E-state index < -0.39 is 15.6 Å². The zero-order valence-corrected chi connectivity index (χ0v) is 15.3. The highest BCUT2D eigenvalue weighted by molar-refractivity contribution is 7.89. The van der Waals surface area contributed by atoms with Gasteiger partial charge in [-0.25, -0.2) is 13.1 Å². The van der Waals surface area contributed by atoms with Crippen molar-refractivity contribution in [3.63, 3.8) is 0 Å². The van der Waals surface area contributed by atoms with Crippen molar-refractivity contribution in [2.45, 2.75) is 63.1 Å². The predicted molar refractivity (Wildman–Crippen MR) is 93.7 cm³/mol. The Labute approximate surface area is 144 Å². The summed E-state index contributed by atoms with van der Waals surface area (Å²) in [5.41, 5.74) is 5.84. The maximum Gasteiger partial charge on any atom is 0.241 e. The van der Waals surface area contributed by atoms with Crippen LogP contribution in [-0.4, -0.2) is 25.9 Å². The average Bonchev–Trinajstić information content (AvgIpc) is 2.89. The number of rotatable bonds is 5. The summed E-state index contributed by atoms with van der Waals surface area (Å²) in [5, 5.41) is 2.85. The van der Waals surface area contributed by atoms with Crippen LogP contribution in [0.2, 0.25) is 0 Å². The maximum atomic E-state index is 12.6. The first-order valence-corrected chi connectivity index (χ1v) is 9.72. The van der Waals surface area contributed by atoms with Crippen molar-refractivity contribution in [2.24, 2.45) is 11.7 Å². The fourth-order valence-electron chi connectivity index (χ4n) is 2.95. The van der Waals surface area contributed by atoms with Gasteiger partial charge < -0.3 is 11.1 Å². The molecule has 24 heavy (non-hydrogen) atoms. The van der Waals surface area contributed by atoms with E-state index in [0.717, 1.165) is 12.8 Å². The lowest BCUT2D eigenvalue weighted by Crippen LogP contribution is -2.41. The largest absolute Gasteiger partial charge is 0.352 e. The molecular formula is C17H27N3O3S. The highest BCUT2D eigenvalue weighted by Crippen LogP contribution is 2.24. The van der Waals surface area contributed by atoms with Crippen molar-refractivity contribution in [2.75, 3.05) is 0 Å². The van der Waals surface area contributed by atoms with E-state index in [2.05, 4.69) is 10.0 Å². The standard InChI is InChI=1S/C17H27N3O3S/c1-17(2,3)20-24(22,23)15-7-5-4-6-13(15)11-19-16(21)12-8-9-14(18)10-12/h4-7,12,14,20H,8-11,18H2,1-3H3,(H,19,21). The Kier molecular flexibility index (Phi) is 5.67. The van der Waals surface area contributed by atoms with Crippen LogP contribution in [0, 0.1) is 5.92 Å².